The number of benzene rings is 2. The number of rotatable bonds is 6. The third-order valence-corrected chi connectivity index (χ3v) is 6.48. The summed E-state index contributed by atoms with van der Waals surface area (Å²) in [6.07, 6.45) is 1.27. The van der Waals surface area contributed by atoms with E-state index in [4.69, 9.17) is 54.9 Å². The first kappa shape index (κ1) is 29.8. The van der Waals surface area contributed by atoms with Crippen molar-refractivity contribution >= 4 is 77.4 Å². The number of para-hydroxylation sites is 1. The Hall–Kier alpha value is -2.71. The minimum absolute atomic E-state index is 0.0528. The molecular weight excluding hydrogens is 472 g/mol. The second kappa shape index (κ2) is 9.49. The van der Waals surface area contributed by atoms with Gasteiger partial charge in [0.05, 0.1) is 23.5 Å². The molecular formula is C24H21B7N2O5. The van der Waals surface area contributed by atoms with Gasteiger partial charge in [0.2, 0.25) is 5.43 Å². The molecule has 0 unspecified atom stereocenters. The van der Waals surface area contributed by atoms with Gasteiger partial charge in [0.1, 0.15) is 42.7 Å². The summed E-state index contributed by atoms with van der Waals surface area (Å²) in [5.41, 5.74) is -4.00. The van der Waals surface area contributed by atoms with Crippen LogP contribution >= 0.6 is 0 Å². The van der Waals surface area contributed by atoms with Gasteiger partial charge in [-0.2, -0.15) is 0 Å². The highest BCUT2D eigenvalue weighted by atomic mass is 16.3. The highest BCUT2D eigenvalue weighted by molar-refractivity contribution is 6.62. The van der Waals surface area contributed by atoms with E-state index in [1.54, 1.807) is 45.0 Å². The largest absolute Gasteiger partial charge is 0.508 e. The van der Waals surface area contributed by atoms with Crippen LogP contribution in [0.2, 0.25) is 5.11 Å². The summed E-state index contributed by atoms with van der Waals surface area (Å²) in [6.45, 7) is 5.24. The molecule has 1 amide bonds. The number of anilines is 1. The molecule has 178 valence electrons. The van der Waals surface area contributed by atoms with Crippen molar-refractivity contribution in [3.05, 3.63) is 69.5 Å². The van der Waals surface area contributed by atoms with Gasteiger partial charge < -0.3 is 25.6 Å². The number of pyridine rings is 1. The summed E-state index contributed by atoms with van der Waals surface area (Å²) in [7, 11) is 40.7. The molecule has 38 heavy (non-hydrogen) atoms. The van der Waals surface area contributed by atoms with Crippen LogP contribution in [0.3, 0.4) is 0 Å². The van der Waals surface area contributed by atoms with Crippen molar-refractivity contribution in [1.82, 2.24) is 4.98 Å². The van der Waals surface area contributed by atoms with Crippen LogP contribution < -0.4 is 10.7 Å². The fourth-order valence-electron chi connectivity index (χ4n) is 4.82. The molecule has 0 bridgehead atoms. The molecule has 0 spiro atoms. The first-order chi connectivity index (χ1) is 17.1. The Morgan fingerprint density at radius 2 is 1.45 bits per heavy atom. The summed E-state index contributed by atoms with van der Waals surface area (Å²) in [6, 6.07) is 8.93. The molecule has 0 aliphatic rings. The number of amides is 1. The van der Waals surface area contributed by atoms with Gasteiger partial charge in [-0.1, -0.05) is 32.9 Å². The first-order valence-electron chi connectivity index (χ1n) is 11.4. The van der Waals surface area contributed by atoms with Gasteiger partial charge in [0, 0.05) is 39.8 Å². The second-order valence-electron chi connectivity index (χ2n) is 10.5. The fraction of sp³-hybridized carbons (Fsp3) is 0.333. The number of aromatic nitrogens is 1. The zero-order chi connectivity index (χ0) is 29.1. The highest BCUT2D eigenvalue weighted by Gasteiger charge is 2.59. The monoisotopic (exact) mass is 494 g/mol. The molecule has 2 aromatic carbocycles. The summed E-state index contributed by atoms with van der Waals surface area (Å²) in [5.74, 6) is -1.52. The lowest BCUT2D eigenvalue weighted by atomic mass is 9.19. The zero-order valence-electron chi connectivity index (χ0n) is 21.2. The van der Waals surface area contributed by atoms with E-state index >= 15 is 0 Å². The van der Waals surface area contributed by atoms with Crippen LogP contribution in [0.25, 0.3) is 10.9 Å². The Bertz CT molecular complexity index is 1410. The van der Waals surface area contributed by atoms with Gasteiger partial charge in [-0.3, -0.25) is 9.59 Å². The van der Waals surface area contributed by atoms with Crippen molar-refractivity contribution in [2.75, 3.05) is 5.32 Å². The molecule has 1 heterocycles. The van der Waals surface area contributed by atoms with E-state index in [0.29, 0.717) is 10.9 Å². The number of phenols is 1. The zero-order valence-corrected chi connectivity index (χ0v) is 21.2. The van der Waals surface area contributed by atoms with Crippen LogP contribution in [0.4, 0.5) is 5.69 Å². The van der Waals surface area contributed by atoms with Crippen molar-refractivity contribution in [3.8, 4) is 5.75 Å². The Morgan fingerprint density at radius 1 is 0.895 bits per heavy atom. The van der Waals surface area contributed by atoms with Gasteiger partial charge in [0.15, 0.2) is 0 Å². The number of aliphatic hydroxyl groups is 2. The number of aromatic hydroxyl groups is 1. The van der Waals surface area contributed by atoms with Crippen molar-refractivity contribution < 1.29 is 20.1 Å². The average molecular weight is 493 g/mol. The van der Waals surface area contributed by atoms with Crippen molar-refractivity contribution in [2.24, 2.45) is 0 Å². The van der Waals surface area contributed by atoms with E-state index in [9.17, 15) is 24.9 Å². The van der Waals surface area contributed by atoms with Crippen LogP contribution in [0.15, 0.2) is 47.4 Å². The number of hydrogen-bond acceptors (Lipinski definition) is 5. The third kappa shape index (κ3) is 4.89. The average Bonchev–Trinajstić information content (AvgIpc) is 2.72. The van der Waals surface area contributed by atoms with Crippen LogP contribution in [-0.2, 0) is 10.8 Å². The van der Waals surface area contributed by atoms with E-state index < -0.39 is 49.4 Å². The van der Waals surface area contributed by atoms with Gasteiger partial charge in [-0.25, -0.2) is 0 Å². The number of nitrogens with one attached hydrogen (secondary N) is 2. The van der Waals surface area contributed by atoms with Crippen molar-refractivity contribution in [2.45, 2.75) is 47.5 Å². The van der Waals surface area contributed by atoms with Crippen molar-refractivity contribution in [3.63, 3.8) is 0 Å². The summed E-state index contributed by atoms with van der Waals surface area (Å²) < 4.78 is 0. The fourth-order valence-corrected chi connectivity index (χ4v) is 4.82. The lowest BCUT2D eigenvalue weighted by Crippen LogP contribution is -2.72. The molecule has 1 aromatic heterocycles. The van der Waals surface area contributed by atoms with Crippen LogP contribution in [-0.4, -0.2) is 91.9 Å². The Morgan fingerprint density at radius 3 is 1.95 bits per heavy atom. The molecule has 0 fully saturated rings. The van der Waals surface area contributed by atoms with Gasteiger partial charge in [-0.05, 0) is 40.0 Å². The smallest absolute Gasteiger partial charge is 0.261 e. The van der Waals surface area contributed by atoms with E-state index in [-0.39, 0.29) is 16.8 Å². The van der Waals surface area contributed by atoms with Crippen molar-refractivity contribution in [1.29, 1.82) is 0 Å². The molecule has 0 aliphatic heterocycles. The number of fused-ring (bicyclic) bond motifs is 1. The SMILES string of the molecule is [B]C([B])([B])C(c1cc(C(C)(C)C)c(NC(=O)c2c[nH]c3ccccc3c2=O)cc1O)(C([B])([B])O)C([B])([B])O. The lowest BCUT2D eigenvalue weighted by Gasteiger charge is -2.62. The molecule has 14 heteroatoms. The number of phenolic OH excluding ortho intramolecular Hbond substituents is 1. The minimum atomic E-state index is -3.08. The molecule has 0 saturated carbocycles. The normalized spacial score (nSPS) is 13.4. The summed E-state index contributed by atoms with van der Waals surface area (Å²) >= 11 is 0. The van der Waals surface area contributed by atoms with E-state index in [2.05, 4.69) is 10.3 Å². The standard InChI is InChI=1S/C24H21B7N2O5/c1-20(2,3)13-8-14(21(22(25,26)27,23(28,29)37)24(30,31)38)17(34)9-16(13)33-19(36)12-10-32-15-7-5-4-6-11(15)18(12)35/h4-10,34,37-38H,1-3H3,(H,32,35)(H,33,36). The predicted octanol–water partition coefficient (Wildman–Crippen LogP) is -0.433. The quantitative estimate of drug-likeness (QED) is 0.299. The van der Waals surface area contributed by atoms with E-state index in [1.165, 1.54) is 12.3 Å². The maximum absolute atomic E-state index is 13.2. The summed E-state index contributed by atoms with van der Waals surface area (Å²) in [5, 5.41) is 26.6. The van der Waals surface area contributed by atoms with Crippen LogP contribution in [0.1, 0.15) is 42.3 Å². The summed E-state index contributed by atoms with van der Waals surface area (Å²) in [4.78, 5) is 29.0. The van der Waals surface area contributed by atoms with Gasteiger partial charge >= 0.3 is 0 Å². The molecule has 3 rings (SSSR count). The number of H-pyrrole nitrogens is 1. The Kier molecular flexibility index (Phi) is 7.45. The molecule has 0 aliphatic carbocycles. The predicted molar refractivity (Wildman–Crippen MR) is 154 cm³/mol. The number of carbonyl (C=O) groups is 1. The van der Waals surface area contributed by atoms with Gasteiger partial charge in [-0.15, -0.1) is 5.11 Å². The highest BCUT2D eigenvalue weighted by Crippen LogP contribution is 2.55. The second-order valence-corrected chi connectivity index (χ2v) is 10.5. The topological polar surface area (TPSA) is 123 Å². The Labute approximate surface area is 230 Å². The number of aromatic amines is 1. The molecule has 7 nitrogen and oxygen atoms in total. The maximum atomic E-state index is 13.2. The maximum Gasteiger partial charge on any atom is 0.261 e. The molecule has 0 atom stereocenters. The molecule has 14 radical (unpaired) electrons. The van der Waals surface area contributed by atoms with E-state index in [1.807, 2.05) is 0 Å². The Balaban J connectivity index is 2.27. The lowest BCUT2D eigenvalue weighted by molar-refractivity contribution is 0.0154. The third-order valence-electron chi connectivity index (χ3n) is 6.48. The molecule has 0 saturated heterocycles. The van der Waals surface area contributed by atoms with E-state index in [0.717, 1.165) is 6.07 Å². The molecule has 3 aromatic rings. The first-order valence-corrected chi connectivity index (χ1v) is 11.4. The number of carbonyl (C=O) groups excluding carboxylic acids is 1. The van der Waals surface area contributed by atoms with Gasteiger partial charge in [0.25, 0.3) is 5.91 Å². The number of hydrogen-bond donors (Lipinski definition) is 5. The van der Waals surface area contributed by atoms with Crippen LogP contribution in [0, 0.1) is 0 Å². The minimum Gasteiger partial charge on any atom is -0.508 e. The van der Waals surface area contributed by atoms with Crippen LogP contribution in [0.5, 0.6) is 5.75 Å². The molecule has 5 N–H and O–H groups in total.